The monoisotopic (exact) mass is 175 g/mol. The van der Waals surface area contributed by atoms with Gasteiger partial charge in [-0.2, -0.15) is 11.8 Å². The maximum Gasteiger partial charge on any atom is 0.221 e. The first-order valence-electron chi connectivity index (χ1n) is 3.76. The quantitative estimate of drug-likeness (QED) is 0.708. The number of amides is 1. The van der Waals surface area contributed by atoms with E-state index in [1.807, 2.05) is 6.92 Å². The van der Waals surface area contributed by atoms with Crippen LogP contribution >= 0.6 is 11.8 Å². The summed E-state index contributed by atoms with van der Waals surface area (Å²) in [5.41, 5.74) is 5.11. The van der Waals surface area contributed by atoms with Crippen LogP contribution in [0.15, 0.2) is 0 Å². The van der Waals surface area contributed by atoms with Gasteiger partial charge in [0, 0.05) is 16.4 Å². The third-order valence-corrected chi connectivity index (χ3v) is 2.78. The van der Waals surface area contributed by atoms with Gasteiger partial charge in [-0.15, -0.1) is 0 Å². The van der Waals surface area contributed by atoms with Gasteiger partial charge in [-0.25, -0.2) is 0 Å². The summed E-state index contributed by atoms with van der Waals surface area (Å²) in [5.74, 6) is 0.597. The summed E-state index contributed by atoms with van der Waals surface area (Å²) in [4.78, 5) is 10.6. The molecule has 0 heterocycles. The van der Waals surface area contributed by atoms with Crippen molar-refractivity contribution in [1.82, 2.24) is 0 Å². The van der Waals surface area contributed by atoms with Crippen molar-refractivity contribution in [2.24, 2.45) is 11.7 Å². The largest absolute Gasteiger partial charge is 0.369 e. The van der Waals surface area contributed by atoms with Gasteiger partial charge in [0.05, 0.1) is 0 Å². The zero-order valence-corrected chi connectivity index (χ0v) is 8.49. The van der Waals surface area contributed by atoms with E-state index in [1.165, 1.54) is 0 Å². The number of nitrogens with two attached hydrogens (primary N) is 1. The zero-order valence-electron chi connectivity index (χ0n) is 7.68. The van der Waals surface area contributed by atoms with Crippen molar-refractivity contribution < 1.29 is 4.79 Å². The fraction of sp³-hybridized carbons (Fsp3) is 0.875. The number of hydrogen-bond acceptors (Lipinski definition) is 2. The van der Waals surface area contributed by atoms with E-state index in [4.69, 9.17) is 5.73 Å². The van der Waals surface area contributed by atoms with E-state index in [2.05, 4.69) is 20.8 Å². The number of hydrogen-bond donors (Lipinski definition) is 1. The third-order valence-electron chi connectivity index (χ3n) is 1.25. The van der Waals surface area contributed by atoms with Crippen molar-refractivity contribution in [3.8, 4) is 0 Å². The van der Waals surface area contributed by atoms with Crippen molar-refractivity contribution in [1.29, 1.82) is 0 Å². The summed E-state index contributed by atoms with van der Waals surface area (Å²) in [6, 6.07) is 0. The van der Waals surface area contributed by atoms with Gasteiger partial charge in [-0.3, -0.25) is 4.79 Å². The molecule has 0 rings (SSSR count). The van der Waals surface area contributed by atoms with Gasteiger partial charge in [0.2, 0.25) is 5.91 Å². The number of rotatable bonds is 3. The molecule has 2 nitrogen and oxygen atoms in total. The molecule has 1 unspecified atom stereocenters. The number of thioether (sulfide) groups is 1. The average molecular weight is 175 g/mol. The molecular weight excluding hydrogens is 158 g/mol. The molecule has 1 atom stereocenters. The van der Waals surface area contributed by atoms with Crippen molar-refractivity contribution in [3.05, 3.63) is 0 Å². The topological polar surface area (TPSA) is 43.1 Å². The number of primary amides is 1. The van der Waals surface area contributed by atoms with E-state index in [9.17, 15) is 4.79 Å². The van der Waals surface area contributed by atoms with Crippen LogP contribution in [0.1, 0.15) is 27.7 Å². The Labute approximate surface area is 72.9 Å². The van der Waals surface area contributed by atoms with E-state index in [0.29, 0.717) is 0 Å². The fourth-order valence-electron chi connectivity index (χ4n) is 0.457. The van der Waals surface area contributed by atoms with Crippen LogP contribution in [-0.2, 0) is 4.79 Å². The van der Waals surface area contributed by atoms with Gasteiger partial charge in [0.1, 0.15) is 0 Å². The van der Waals surface area contributed by atoms with Crippen LogP contribution in [0.25, 0.3) is 0 Å². The fourth-order valence-corrected chi connectivity index (χ4v) is 1.37. The standard InChI is InChI=1S/C8H17NOS/c1-6(7(9)10)5-11-8(2,3)4/h6H,5H2,1-4H3,(H2,9,10). The average Bonchev–Trinajstić information content (AvgIpc) is 1.80. The van der Waals surface area contributed by atoms with Crippen LogP contribution in [-0.4, -0.2) is 16.4 Å². The van der Waals surface area contributed by atoms with Crippen LogP contribution < -0.4 is 5.73 Å². The lowest BCUT2D eigenvalue weighted by Gasteiger charge is -2.18. The minimum absolute atomic E-state index is 0.0146. The Bertz CT molecular complexity index is 140. The molecule has 0 saturated heterocycles. The zero-order chi connectivity index (χ0) is 9.07. The lowest BCUT2D eigenvalue weighted by molar-refractivity contribution is -0.120. The summed E-state index contributed by atoms with van der Waals surface area (Å²) < 4.78 is 0.226. The molecule has 0 aliphatic heterocycles. The van der Waals surface area contributed by atoms with Gasteiger partial charge in [0.25, 0.3) is 0 Å². The second kappa shape index (κ2) is 4.00. The molecule has 66 valence electrons. The summed E-state index contributed by atoms with van der Waals surface area (Å²) in [6.07, 6.45) is 0. The highest BCUT2D eigenvalue weighted by Crippen LogP contribution is 2.24. The maximum atomic E-state index is 10.6. The molecule has 2 N–H and O–H groups in total. The van der Waals surface area contributed by atoms with Crippen LogP contribution in [0.2, 0.25) is 0 Å². The molecule has 0 fully saturated rings. The Morgan fingerprint density at radius 3 is 2.27 bits per heavy atom. The molecular formula is C8H17NOS. The normalized spacial score (nSPS) is 14.5. The smallest absolute Gasteiger partial charge is 0.221 e. The minimum atomic E-state index is -0.207. The number of carbonyl (C=O) groups excluding carboxylic acids is 1. The maximum absolute atomic E-state index is 10.6. The molecule has 3 heteroatoms. The summed E-state index contributed by atoms with van der Waals surface area (Å²) in [6.45, 7) is 8.25. The second-order valence-electron chi connectivity index (χ2n) is 3.73. The van der Waals surface area contributed by atoms with Crippen LogP contribution in [0, 0.1) is 5.92 Å². The molecule has 0 aromatic carbocycles. The molecule has 1 amide bonds. The first kappa shape index (κ1) is 10.8. The van der Waals surface area contributed by atoms with E-state index in [0.717, 1.165) is 5.75 Å². The molecule has 11 heavy (non-hydrogen) atoms. The summed E-state index contributed by atoms with van der Waals surface area (Å²) in [7, 11) is 0. The minimum Gasteiger partial charge on any atom is -0.369 e. The second-order valence-corrected chi connectivity index (χ2v) is 5.57. The highest BCUT2D eigenvalue weighted by atomic mass is 32.2. The molecule has 0 aliphatic carbocycles. The summed E-state index contributed by atoms with van der Waals surface area (Å²) >= 11 is 1.77. The lowest BCUT2D eigenvalue weighted by Crippen LogP contribution is -2.24. The van der Waals surface area contributed by atoms with Gasteiger partial charge >= 0.3 is 0 Å². The molecule has 0 saturated carbocycles. The Hall–Kier alpha value is -0.180. The Morgan fingerprint density at radius 2 is 2.00 bits per heavy atom. The van der Waals surface area contributed by atoms with Gasteiger partial charge in [-0.05, 0) is 0 Å². The van der Waals surface area contributed by atoms with Crippen molar-refractivity contribution in [2.75, 3.05) is 5.75 Å². The van der Waals surface area contributed by atoms with Gasteiger partial charge < -0.3 is 5.73 Å². The van der Waals surface area contributed by atoms with E-state index in [-0.39, 0.29) is 16.6 Å². The highest BCUT2D eigenvalue weighted by Gasteiger charge is 2.15. The first-order valence-corrected chi connectivity index (χ1v) is 4.75. The molecule has 0 aromatic rings. The van der Waals surface area contributed by atoms with Crippen LogP contribution in [0.5, 0.6) is 0 Å². The van der Waals surface area contributed by atoms with Crippen molar-refractivity contribution >= 4 is 17.7 Å². The Kier molecular flexibility index (Phi) is 3.93. The molecule has 0 spiro atoms. The third kappa shape index (κ3) is 6.23. The van der Waals surface area contributed by atoms with E-state index < -0.39 is 0 Å². The summed E-state index contributed by atoms with van der Waals surface area (Å²) in [5, 5.41) is 0. The predicted molar refractivity (Wildman–Crippen MR) is 50.6 cm³/mol. The SMILES string of the molecule is CC(CSC(C)(C)C)C(N)=O. The Morgan fingerprint density at radius 1 is 1.55 bits per heavy atom. The molecule has 0 bridgehead atoms. The van der Waals surface area contributed by atoms with Gasteiger partial charge in [-0.1, -0.05) is 27.7 Å². The van der Waals surface area contributed by atoms with Crippen LogP contribution in [0.4, 0.5) is 0 Å². The van der Waals surface area contributed by atoms with E-state index >= 15 is 0 Å². The van der Waals surface area contributed by atoms with Crippen molar-refractivity contribution in [3.63, 3.8) is 0 Å². The first-order chi connectivity index (χ1) is 4.83. The van der Waals surface area contributed by atoms with Crippen molar-refractivity contribution in [2.45, 2.75) is 32.4 Å². The Balaban J connectivity index is 3.63. The van der Waals surface area contributed by atoms with E-state index in [1.54, 1.807) is 11.8 Å². The number of carbonyl (C=O) groups is 1. The molecule has 0 radical (unpaired) electrons. The molecule has 0 aromatic heterocycles. The van der Waals surface area contributed by atoms with Gasteiger partial charge in [0.15, 0.2) is 0 Å². The predicted octanol–water partition coefficient (Wildman–Crippen LogP) is 1.64. The highest BCUT2D eigenvalue weighted by molar-refractivity contribution is 8.00. The van der Waals surface area contributed by atoms with Crippen LogP contribution in [0.3, 0.4) is 0 Å². The lowest BCUT2D eigenvalue weighted by atomic mass is 10.2. The molecule has 0 aliphatic rings.